The number of hydrogen-bond donors (Lipinski definition) is 0. The minimum atomic E-state index is -1.03. The molecule has 0 aliphatic heterocycles. The first kappa shape index (κ1) is 9.61. The van der Waals surface area contributed by atoms with Gasteiger partial charge >= 0.3 is 0 Å². The van der Waals surface area contributed by atoms with Crippen LogP contribution in [0.3, 0.4) is 0 Å². The summed E-state index contributed by atoms with van der Waals surface area (Å²) in [6, 6.07) is 5.87. The normalized spacial score (nSPS) is 10.4. The summed E-state index contributed by atoms with van der Waals surface area (Å²) >= 11 is 5.97. The molecule has 0 aromatic heterocycles. The number of hydrogen-bond acceptors (Lipinski definition) is 1. The molecule has 0 atom stereocenters. The van der Waals surface area contributed by atoms with Gasteiger partial charge < -0.3 is 4.43 Å². The second kappa shape index (κ2) is 3.96. The molecule has 0 heterocycles. The van der Waals surface area contributed by atoms with Gasteiger partial charge in [0.15, 0.2) is 0 Å². The van der Waals surface area contributed by atoms with Crippen LogP contribution in [-0.4, -0.2) is 9.04 Å². The molecule has 3 heteroatoms. The molecule has 0 fully saturated rings. The third kappa shape index (κ3) is 2.54. The maximum absolute atomic E-state index is 5.97. The molecule has 1 aromatic rings. The fourth-order valence-electron chi connectivity index (χ4n) is 0.955. The Morgan fingerprint density at radius 2 is 2.00 bits per heavy atom. The Kier molecular flexibility index (Phi) is 3.17. The van der Waals surface area contributed by atoms with Crippen LogP contribution in [0.4, 0.5) is 0 Å². The quantitative estimate of drug-likeness (QED) is 0.667. The van der Waals surface area contributed by atoms with E-state index in [1.165, 1.54) is 0 Å². The molecule has 0 spiro atoms. The van der Waals surface area contributed by atoms with E-state index in [0.29, 0.717) is 0 Å². The second-order valence-electron chi connectivity index (χ2n) is 3.10. The Hall–Kier alpha value is -0.473. The van der Waals surface area contributed by atoms with E-state index in [-0.39, 0.29) is 0 Å². The molecule has 0 unspecified atom stereocenters. The fourth-order valence-corrected chi connectivity index (χ4v) is 2.02. The zero-order chi connectivity index (χ0) is 9.14. The van der Waals surface area contributed by atoms with Gasteiger partial charge in [0, 0.05) is 0 Å². The fraction of sp³-hybridized carbons (Fsp3) is 0.333. The Bertz CT molecular complexity index is 273. The van der Waals surface area contributed by atoms with Gasteiger partial charge in [0.05, 0.1) is 5.02 Å². The molecule has 0 aliphatic rings. The van der Waals surface area contributed by atoms with E-state index in [1.54, 1.807) is 0 Å². The average Bonchev–Trinajstić information content (AvgIpc) is 1.94. The van der Waals surface area contributed by atoms with Gasteiger partial charge in [0.25, 0.3) is 0 Å². The first-order valence-electron chi connectivity index (χ1n) is 4.02. The van der Waals surface area contributed by atoms with Gasteiger partial charge in [-0.15, -0.1) is 0 Å². The van der Waals surface area contributed by atoms with E-state index in [1.807, 2.05) is 25.1 Å². The van der Waals surface area contributed by atoms with Gasteiger partial charge in [-0.3, -0.25) is 0 Å². The predicted molar refractivity (Wildman–Crippen MR) is 55.7 cm³/mol. The van der Waals surface area contributed by atoms with Crippen LogP contribution < -0.4 is 4.43 Å². The highest BCUT2D eigenvalue weighted by Crippen LogP contribution is 2.25. The summed E-state index contributed by atoms with van der Waals surface area (Å²) in [7, 11) is -1.03. The summed E-state index contributed by atoms with van der Waals surface area (Å²) in [5, 5.41) is 0.719. The van der Waals surface area contributed by atoms with Crippen molar-refractivity contribution in [1.29, 1.82) is 0 Å². The number of halogens is 1. The lowest BCUT2D eigenvalue weighted by Gasteiger charge is -2.10. The SMILES string of the molecule is Cc1ccc(O[SiH](C)C)c(Cl)c1. The van der Waals surface area contributed by atoms with Crippen LogP contribution in [0, 0.1) is 6.92 Å². The van der Waals surface area contributed by atoms with Crippen LogP contribution in [0.1, 0.15) is 5.56 Å². The van der Waals surface area contributed by atoms with Crippen molar-refractivity contribution in [3.63, 3.8) is 0 Å². The minimum absolute atomic E-state index is 0.719. The van der Waals surface area contributed by atoms with E-state index in [0.717, 1.165) is 16.3 Å². The third-order valence-corrected chi connectivity index (χ3v) is 2.47. The van der Waals surface area contributed by atoms with Crippen molar-refractivity contribution in [3.05, 3.63) is 28.8 Å². The lowest BCUT2D eigenvalue weighted by molar-refractivity contribution is 0.581. The van der Waals surface area contributed by atoms with Crippen molar-refractivity contribution in [2.75, 3.05) is 0 Å². The molecule has 1 aromatic carbocycles. The Morgan fingerprint density at radius 1 is 1.33 bits per heavy atom. The van der Waals surface area contributed by atoms with Crippen molar-refractivity contribution in [1.82, 2.24) is 0 Å². The molecule has 0 saturated carbocycles. The van der Waals surface area contributed by atoms with E-state index in [9.17, 15) is 0 Å². The summed E-state index contributed by atoms with van der Waals surface area (Å²) in [4.78, 5) is 0. The summed E-state index contributed by atoms with van der Waals surface area (Å²) in [5.74, 6) is 0.823. The van der Waals surface area contributed by atoms with E-state index < -0.39 is 9.04 Å². The van der Waals surface area contributed by atoms with Gasteiger partial charge in [-0.25, -0.2) is 0 Å². The van der Waals surface area contributed by atoms with Crippen LogP contribution in [-0.2, 0) is 0 Å². The highest BCUT2D eigenvalue weighted by molar-refractivity contribution is 6.49. The van der Waals surface area contributed by atoms with Crippen LogP contribution in [0.25, 0.3) is 0 Å². The zero-order valence-electron chi connectivity index (χ0n) is 7.60. The first-order chi connectivity index (χ1) is 5.59. The molecule has 0 aliphatic carbocycles. The molecule has 0 amide bonds. The van der Waals surface area contributed by atoms with Crippen molar-refractivity contribution in [2.24, 2.45) is 0 Å². The molecule has 1 rings (SSSR count). The second-order valence-corrected chi connectivity index (χ2v) is 5.84. The summed E-state index contributed by atoms with van der Waals surface area (Å²) in [6.45, 7) is 6.26. The number of benzene rings is 1. The lowest BCUT2D eigenvalue weighted by Crippen LogP contribution is -2.11. The smallest absolute Gasteiger partial charge is 0.229 e. The van der Waals surface area contributed by atoms with Gasteiger partial charge in [0.1, 0.15) is 5.75 Å². The monoisotopic (exact) mass is 200 g/mol. The molecule has 66 valence electrons. The number of aryl methyl sites for hydroxylation is 1. The average molecular weight is 201 g/mol. The Morgan fingerprint density at radius 3 is 2.50 bits per heavy atom. The topological polar surface area (TPSA) is 9.23 Å². The standard InChI is InChI=1S/C9H13ClOSi/c1-7-4-5-9(8(10)6-7)11-12(2)3/h4-6,12H,1-3H3. The van der Waals surface area contributed by atoms with Crippen molar-refractivity contribution < 1.29 is 4.43 Å². The first-order valence-corrected chi connectivity index (χ1v) is 7.18. The molecule has 1 nitrogen and oxygen atoms in total. The van der Waals surface area contributed by atoms with Gasteiger partial charge in [0.2, 0.25) is 9.04 Å². The summed E-state index contributed by atoms with van der Waals surface area (Å²) in [5.41, 5.74) is 1.16. The maximum Gasteiger partial charge on any atom is 0.229 e. The van der Waals surface area contributed by atoms with Crippen molar-refractivity contribution in [3.8, 4) is 5.75 Å². The lowest BCUT2D eigenvalue weighted by atomic mass is 10.2. The van der Waals surface area contributed by atoms with Crippen molar-refractivity contribution in [2.45, 2.75) is 20.0 Å². The molecule has 12 heavy (non-hydrogen) atoms. The maximum atomic E-state index is 5.97. The van der Waals surface area contributed by atoms with Gasteiger partial charge in [-0.2, -0.15) is 0 Å². The highest BCUT2D eigenvalue weighted by Gasteiger charge is 2.03. The molecule has 0 N–H and O–H groups in total. The van der Waals surface area contributed by atoms with Crippen LogP contribution in [0.2, 0.25) is 18.1 Å². The highest BCUT2D eigenvalue weighted by atomic mass is 35.5. The van der Waals surface area contributed by atoms with Gasteiger partial charge in [-0.05, 0) is 37.7 Å². The Labute approximate surface area is 80.0 Å². The van der Waals surface area contributed by atoms with E-state index in [4.69, 9.17) is 16.0 Å². The summed E-state index contributed by atoms with van der Waals surface area (Å²) in [6.07, 6.45) is 0. The van der Waals surface area contributed by atoms with Crippen LogP contribution in [0.5, 0.6) is 5.75 Å². The van der Waals surface area contributed by atoms with Gasteiger partial charge in [-0.1, -0.05) is 17.7 Å². The van der Waals surface area contributed by atoms with Crippen molar-refractivity contribution >= 4 is 20.6 Å². The molecular formula is C9H13ClOSi. The molecule has 0 bridgehead atoms. The van der Waals surface area contributed by atoms with E-state index >= 15 is 0 Å². The van der Waals surface area contributed by atoms with E-state index in [2.05, 4.69) is 13.1 Å². The third-order valence-electron chi connectivity index (χ3n) is 1.45. The predicted octanol–water partition coefficient (Wildman–Crippen LogP) is 3.01. The van der Waals surface area contributed by atoms with Crippen LogP contribution >= 0.6 is 11.6 Å². The number of rotatable bonds is 2. The summed E-state index contributed by atoms with van der Waals surface area (Å²) < 4.78 is 5.61. The minimum Gasteiger partial charge on any atom is -0.546 e. The Balaban J connectivity index is 2.86. The zero-order valence-corrected chi connectivity index (χ0v) is 9.51. The van der Waals surface area contributed by atoms with Crippen LogP contribution in [0.15, 0.2) is 18.2 Å². The molecular weight excluding hydrogens is 188 g/mol. The largest absolute Gasteiger partial charge is 0.546 e. The molecule has 0 radical (unpaired) electrons. The molecule has 0 saturated heterocycles.